The molecule has 1 heterocycles. The summed E-state index contributed by atoms with van der Waals surface area (Å²) in [7, 11) is 0. The summed E-state index contributed by atoms with van der Waals surface area (Å²) in [6, 6.07) is 13.6. The number of aromatic amines is 1. The van der Waals surface area contributed by atoms with E-state index < -0.39 is 0 Å². The molecule has 4 nitrogen and oxygen atoms in total. The van der Waals surface area contributed by atoms with E-state index >= 15 is 0 Å². The Morgan fingerprint density at radius 2 is 2.00 bits per heavy atom. The van der Waals surface area contributed by atoms with Crippen molar-refractivity contribution in [3.8, 4) is 5.75 Å². The third-order valence-corrected chi connectivity index (χ3v) is 3.52. The molecule has 0 spiro atoms. The fourth-order valence-corrected chi connectivity index (χ4v) is 2.41. The lowest BCUT2D eigenvalue weighted by molar-refractivity contribution is 0.475. The summed E-state index contributed by atoms with van der Waals surface area (Å²) in [4.78, 5) is 0. The molecule has 4 heteroatoms. The van der Waals surface area contributed by atoms with E-state index in [4.69, 9.17) is 0 Å². The molecule has 0 saturated heterocycles. The monoisotopic (exact) mass is 267 g/mol. The van der Waals surface area contributed by atoms with Gasteiger partial charge in [0.15, 0.2) is 0 Å². The van der Waals surface area contributed by atoms with Crippen LogP contribution >= 0.6 is 0 Å². The molecule has 1 aromatic heterocycles. The lowest BCUT2D eigenvalue weighted by Crippen LogP contribution is -2.09. The van der Waals surface area contributed by atoms with Crippen LogP contribution < -0.4 is 5.32 Å². The van der Waals surface area contributed by atoms with E-state index in [2.05, 4.69) is 28.5 Å². The first kappa shape index (κ1) is 12.5. The molecule has 3 aromatic rings. The number of hydrogen-bond donors (Lipinski definition) is 3. The van der Waals surface area contributed by atoms with Gasteiger partial charge in [-0.15, -0.1) is 0 Å². The van der Waals surface area contributed by atoms with E-state index in [1.54, 1.807) is 12.1 Å². The fourth-order valence-electron chi connectivity index (χ4n) is 2.41. The van der Waals surface area contributed by atoms with Crippen LogP contribution in [0.5, 0.6) is 5.75 Å². The van der Waals surface area contributed by atoms with E-state index in [0.717, 1.165) is 28.6 Å². The minimum absolute atomic E-state index is 0.205. The zero-order valence-electron chi connectivity index (χ0n) is 11.3. The van der Waals surface area contributed by atoms with Crippen LogP contribution in [0.4, 0.5) is 5.69 Å². The van der Waals surface area contributed by atoms with Crippen molar-refractivity contribution in [2.75, 3.05) is 5.32 Å². The molecular weight excluding hydrogens is 250 g/mol. The first-order valence-corrected chi connectivity index (χ1v) is 6.75. The average molecular weight is 267 g/mol. The van der Waals surface area contributed by atoms with Crippen molar-refractivity contribution in [3.05, 3.63) is 54.2 Å². The zero-order valence-corrected chi connectivity index (χ0v) is 11.3. The molecule has 102 valence electrons. The van der Waals surface area contributed by atoms with Crippen LogP contribution in [-0.2, 0) is 0 Å². The van der Waals surface area contributed by atoms with Gasteiger partial charge < -0.3 is 10.4 Å². The number of H-pyrrole nitrogens is 1. The standard InChI is InChI=1S/C16H17N3O/c1-2-14(11-6-8-12(20)9-7-11)18-15-4-3-5-16-13(15)10-17-19-16/h3-10,14,18,20H,2H2,1H3,(H,17,19). The van der Waals surface area contributed by atoms with Crippen molar-refractivity contribution in [2.45, 2.75) is 19.4 Å². The fraction of sp³-hybridized carbons (Fsp3) is 0.188. The van der Waals surface area contributed by atoms with Gasteiger partial charge in [-0.05, 0) is 36.2 Å². The van der Waals surface area contributed by atoms with Gasteiger partial charge in [0.1, 0.15) is 5.75 Å². The molecule has 0 bridgehead atoms. The van der Waals surface area contributed by atoms with Gasteiger partial charge in [0.05, 0.1) is 17.8 Å². The number of fused-ring (bicyclic) bond motifs is 1. The lowest BCUT2D eigenvalue weighted by atomic mass is 10.0. The number of benzene rings is 2. The number of anilines is 1. The summed E-state index contributed by atoms with van der Waals surface area (Å²) in [5.41, 5.74) is 3.25. The quantitative estimate of drug-likeness (QED) is 0.673. The zero-order chi connectivity index (χ0) is 13.9. The van der Waals surface area contributed by atoms with Gasteiger partial charge in [-0.3, -0.25) is 5.10 Å². The molecule has 0 fully saturated rings. The highest BCUT2D eigenvalue weighted by Gasteiger charge is 2.11. The predicted molar refractivity (Wildman–Crippen MR) is 80.9 cm³/mol. The van der Waals surface area contributed by atoms with Crippen molar-refractivity contribution in [1.82, 2.24) is 10.2 Å². The van der Waals surface area contributed by atoms with E-state index in [9.17, 15) is 5.11 Å². The largest absolute Gasteiger partial charge is 0.508 e. The smallest absolute Gasteiger partial charge is 0.115 e. The first-order valence-electron chi connectivity index (χ1n) is 6.75. The van der Waals surface area contributed by atoms with E-state index in [1.807, 2.05) is 30.5 Å². The maximum Gasteiger partial charge on any atom is 0.115 e. The Labute approximate surface area is 117 Å². The van der Waals surface area contributed by atoms with Gasteiger partial charge in [-0.2, -0.15) is 5.10 Å². The third kappa shape index (κ3) is 2.32. The number of aromatic hydroxyl groups is 1. The SMILES string of the molecule is CCC(Nc1cccc2[nH]ncc12)c1ccc(O)cc1. The maximum atomic E-state index is 9.38. The Balaban J connectivity index is 1.91. The van der Waals surface area contributed by atoms with Crippen LogP contribution in [0.3, 0.4) is 0 Å². The molecule has 0 saturated carbocycles. The second kappa shape index (κ2) is 5.25. The van der Waals surface area contributed by atoms with Gasteiger partial charge in [-0.25, -0.2) is 0 Å². The van der Waals surface area contributed by atoms with Crippen LogP contribution in [0.15, 0.2) is 48.7 Å². The summed E-state index contributed by atoms with van der Waals surface area (Å²) in [6.07, 6.45) is 2.79. The number of rotatable bonds is 4. The normalized spacial score (nSPS) is 12.4. The van der Waals surface area contributed by atoms with Gasteiger partial charge in [-0.1, -0.05) is 25.1 Å². The summed E-state index contributed by atoms with van der Waals surface area (Å²) in [5, 5.41) is 21.1. The van der Waals surface area contributed by atoms with Crippen LogP contribution in [0.25, 0.3) is 10.9 Å². The van der Waals surface area contributed by atoms with E-state index in [0.29, 0.717) is 5.75 Å². The summed E-state index contributed by atoms with van der Waals surface area (Å²) in [6.45, 7) is 2.14. The summed E-state index contributed by atoms with van der Waals surface area (Å²) >= 11 is 0. The Kier molecular flexibility index (Phi) is 3.29. The molecule has 1 unspecified atom stereocenters. The van der Waals surface area contributed by atoms with Crippen molar-refractivity contribution < 1.29 is 5.11 Å². The van der Waals surface area contributed by atoms with Crippen molar-refractivity contribution in [2.24, 2.45) is 0 Å². The number of phenols is 1. The molecule has 20 heavy (non-hydrogen) atoms. The molecular formula is C16H17N3O. The number of hydrogen-bond acceptors (Lipinski definition) is 3. The maximum absolute atomic E-state index is 9.38. The van der Waals surface area contributed by atoms with E-state index in [1.165, 1.54) is 0 Å². The number of phenolic OH excluding ortho intramolecular Hbond substituents is 1. The lowest BCUT2D eigenvalue weighted by Gasteiger charge is -2.19. The highest BCUT2D eigenvalue weighted by Crippen LogP contribution is 2.28. The molecule has 3 N–H and O–H groups in total. The third-order valence-electron chi connectivity index (χ3n) is 3.52. The second-order valence-electron chi connectivity index (χ2n) is 4.83. The van der Waals surface area contributed by atoms with Crippen LogP contribution in [0, 0.1) is 0 Å². The number of aromatic nitrogens is 2. The Bertz CT molecular complexity index is 703. The van der Waals surface area contributed by atoms with Crippen molar-refractivity contribution in [3.63, 3.8) is 0 Å². The van der Waals surface area contributed by atoms with Gasteiger partial charge in [0.2, 0.25) is 0 Å². The van der Waals surface area contributed by atoms with Crippen LogP contribution in [0.2, 0.25) is 0 Å². The van der Waals surface area contributed by atoms with Crippen molar-refractivity contribution >= 4 is 16.6 Å². The number of nitrogens with zero attached hydrogens (tertiary/aromatic N) is 1. The Morgan fingerprint density at radius 3 is 2.75 bits per heavy atom. The van der Waals surface area contributed by atoms with E-state index in [-0.39, 0.29) is 6.04 Å². The Hall–Kier alpha value is -2.49. The minimum Gasteiger partial charge on any atom is -0.508 e. The van der Waals surface area contributed by atoms with Crippen LogP contribution in [-0.4, -0.2) is 15.3 Å². The predicted octanol–water partition coefficient (Wildman–Crippen LogP) is 3.83. The van der Waals surface area contributed by atoms with Gasteiger partial charge >= 0.3 is 0 Å². The topological polar surface area (TPSA) is 60.9 Å². The van der Waals surface area contributed by atoms with Gasteiger partial charge in [0.25, 0.3) is 0 Å². The Morgan fingerprint density at radius 1 is 1.20 bits per heavy atom. The van der Waals surface area contributed by atoms with Gasteiger partial charge in [0, 0.05) is 11.1 Å². The molecule has 2 aromatic carbocycles. The molecule has 0 aliphatic carbocycles. The summed E-state index contributed by atoms with van der Waals surface area (Å²) < 4.78 is 0. The molecule has 0 aliphatic heterocycles. The minimum atomic E-state index is 0.205. The highest BCUT2D eigenvalue weighted by atomic mass is 16.3. The molecule has 3 rings (SSSR count). The molecule has 0 radical (unpaired) electrons. The van der Waals surface area contributed by atoms with Crippen molar-refractivity contribution in [1.29, 1.82) is 0 Å². The number of nitrogens with one attached hydrogen (secondary N) is 2. The first-order chi connectivity index (χ1) is 9.78. The average Bonchev–Trinajstić information content (AvgIpc) is 2.95. The van der Waals surface area contributed by atoms with Crippen LogP contribution in [0.1, 0.15) is 24.9 Å². The summed E-state index contributed by atoms with van der Waals surface area (Å²) in [5.74, 6) is 0.292. The highest BCUT2D eigenvalue weighted by molar-refractivity contribution is 5.91. The molecule has 1 atom stereocenters. The second-order valence-corrected chi connectivity index (χ2v) is 4.83. The molecule has 0 aliphatic rings. The molecule has 0 amide bonds.